The summed E-state index contributed by atoms with van der Waals surface area (Å²) in [5, 5.41) is 5.81. The summed E-state index contributed by atoms with van der Waals surface area (Å²) in [4.78, 5) is 56.8. The number of hydrogen-bond acceptors (Lipinski definition) is 7. The predicted octanol–water partition coefficient (Wildman–Crippen LogP) is 3.94. The smallest absolute Gasteiger partial charge is 0.325 e. The number of hydrogen-bond donors (Lipinski definition) is 4. The molecule has 0 unspecified atom stereocenters. The summed E-state index contributed by atoms with van der Waals surface area (Å²) in [6.45, 7) is 0.771. The predicted molar refractivity (Wildman–Crippen MR) is 154 cm³/mol. The number of carbonyl (C=O) groups is 3. The van der Waals surface area contributed by atoms with Gasteiger partial charge in [0, 0.05) is 30.5 Å². The molecule has 0 heterocycles. The molecule has 0 radical (unpaired) electrons. The number of esters is 1. The SMILES string of the molecule is Cc1ccc(OCC(=O)NC23CCC(NC(=O)COc4ccc(Cl)c(F)c4)(CC2)C[C@@H]3OC(=O)CCCP(=O)(O)O)cc1F. The van der Waals surface area contributed by atoms with Gasteiger partial charge in [-0.3, -0.25) is 18.9 Å². The van der Waals surface area contributed by atoms with E-state index >= 15 is 0 Å². The second kappa shape index (κ2) is 13.8. The second-order valence-electron chi connectivity index (χ2n) is 11.3. The number of carbonyl (C=O) groups excluding carboxylic acids is 3. The molecule has 3 fully saturated rings. The zero-order valence-electron chi connectivity index (χ0n) is 23.9. The summed E-state index contributed by atoms with van der Waals surface area (Å²) in [6.07, 6.45) is -0.00933. The van der Waals surface area contributed by atoms with Crippen molar-refractivity contribution >= 4 is 37.0 Å². The topological polar surface area (TPSA) is 160 Å². The minimum atomic E-state index is -4.30. The van der Waals surface area contributed by atoms with Crippen molar-refractivity contribution in [3.05, 3.63) is 58.6 Å². The van der Waals surface area contributed by atoms with Crippen LogP contribution in [0.25, 0.3) is 0 Å². The first-order valence-corrected chi connectivity index (χ1v) is 16.2. The van der Waals surface area contributed by atoms with Gasteiger partial charge in [-0.25, -0.2) is 8.78 Å². The average molecular weight is 659 g/mol. The molecule has 0 spiro atoms. The Morgan fingerprint density at radius 2 is 1.55 bits per heavy atom. The van der Waals surface area contributed by atoms with E-state index in [9.17, 15) is 27.7 Å². The second-order valence-corrected chi connectivity index (χ2v) is 13.5. The minimum absolute atomic E-state index is 0.0846. The Labute approximate surface area is 257 Å². The molecule has 2 aromatic rings. The van der Waals surface area contributed by atoms with Crippen LogP contribution in [-0.2, 0) is 23.7 Å². The zero-order valence-corrected chi connectivity index (χ0v) is 25.6. The fourth-order valence-electron chi connectivity index (χ4n) is 5.61. The van der Waals surface area contributed by atoms with Crippen molar-refractivity contribution in [1.29, 1.82) is 0 Å². The molecule has 2 amide bonds. The normalized spacial score (nSPS) is 22.6. The third-order valence-corrected chi connectivity index (χ3v) is 9.17. The summed E-state index contributed by atoms with van der Waals surface area (Å²) in [5.74, 6) is -2.58. The van der Waals surface area contributed by atoms with Crippen molar-refractivity contribution in [3.63, 3.8) is 0 Å². The van der Waals surface area contributed by atoms with Crippen LogP contribution in [0, 0.1) is 18.6 Å². The Kier molecular flexibility index (Phi) is 10.6. The van der Waals surface area contributed by atoms with Crippen molar-refractivity contribution in [2.75, 3.05) is 19.4 Å². The van der Waals surface area contributed by atoms with Crippen molar-refractivity contribution in [3.8, 4) is 11.5 Å². The van der Waals surface area contributed by atoms with Gasteiger partial charge in [0.05, 0.1) is 16.7 Å². The van der Waals surface area contributed by atoms with Crippen molar-refractivity contribution in [2.24, 2.45) is 0 Å². The largest absolute Gasteiger partial charge is 0.484 e. The molecule has 11 nitrogen and oxygen atoms in total. The monoisotopic (exact) mass is 658 g/mol. The molecule has 0 aliphatic heterocycles. The van der Waals surface area contributed by atoms with Gasteiger partial charge in [0.25, 0.3) is 11.8 Å². The number of ether oxygens (including phenoxy) is 3. The summed E-state index contributed by atoms with van der Waals surface area (Å²) >= 11 is 5.68. The minimum Gasteiger partial charge on any atom is -0.484 e. The van der Waals surface area contributed by atoms with Gasteiger partial charge in [0.2, 0.25) is 0 Å². The van der Waals surface area contributed by atoms with Crippen molar-refractivity contribution < 1.29 is 51.7 Å². The van der Waals surface area contributed by atoms with E-state index in [1.54, 1.807) is 6.92 Å². The summed E-state index contributed by atoms with van der Waals surface area (Å²) < 4.78 is 55.4. The maximum absolute atomic E-state index is 13.9. The lowest BCUT2D eigenvalue weighted by atomic mass is 9.59. The molecule has 2 aromatic carbocycles. The molecule has 2 bridgehead atoms. The average Bonchev–Trinajstić information content (AvgIpc) is 2.94. The molecule has 4 N–H and O–H groups in total. The highest BCUT2D eigenvalue weighted by molar-refractivity contribution is 7.51. The Bertz CT molecular complexity index is 1450. The summed E-state index contributed by atoms with van der Waals surface area (Å²) in [7, 11) is -4.30. The summed E-state index contributed by atoms with van der Waals surface area (Å²) in [6, 6.07) is 8.04. The molecular weight excluding hydrogens is 625 g/mol. The van der Waals surface area contributed by atoms with Crippen LogP contribution in [0.4, 0.5) is 8.78 Å². The lowest BCUT2D eigenvalue weighted by molar-refractivity contribution is -0.167. The molecule has 3 saturated carbocycles. The number of fused-ring (bicyclic) bond motifs is 3. The van der Waals surface area contributed by atoms with Crippen LogP contribution in [0.5, 0.6) is 11.5 Å². The van der Waals surface area contributed by atoms with Crippen LogP contribution in [0.3, 0.4) is 0 Å². The lowest BCUT2D eigenvalue weighted by Crippen LogP contribution is -2.71. The van der Waals surface area contributed by atoms with E-state index in [2.05, 4.69) is 10.6 Å². The van der Waals surface area contributed by atoms with E-state index < -0.39 is 73.6 Å². The quantitative estimate of drug-likeness (QED) is 0.185. The van der Waals surface area contributed by atoms with Gasteiger partial charge in [0.1, 0.15) is 29.2 Å². The zero-order chi connectivity index (χ0) is 32.1. The molecule has 240 valence electrons. The van der Waals surface area contributed by atoms with E-state index in [0.717, 1.165) is 6.07 Å². The fraction of sp³-hybridized carbons (Fsp3) is 0.483. The highest BCUT2D eigenvalue weighted by Gasteiger charge is 2.57. The van der Waals surface area contributed by atoms with Crippen molar-refractivity contribution in [1.82, 2.24) is 10.6 Å². The lowest BCUT2D eigenvalue weighted by Gasteiger charge is -2.57. The number of benzene rings is 2. The van der Waals surface area contributed by atoms with Crippen LogP contribution >= 0.6 is 19.2 Å². The van der Waals surface area contributed by atoms with Crippen LogP contribution in [-0.4, -0.2) is 64.1 Å². The Morgan fingerprint density at radius 3 is 2.14 bits per heavy atom. The van der Waals surface area contributed by atoms with E-state index in [0.29, 0.717) is 31.2 Å². The Balaban J connectivity index is 1.41. The van der Waals surface area contributed by atoms with Gasteiger partial charge >= 0.3 is 13.6 Å². The number of nitrogens with one attached hydrogen (secondary N) is 2. The van der Waals surface area contributed by atoms with Crippen LogP contribution in [0.2, 0.25) is 5.02 Å². The summed E-state index contributed by atoms with van der Waals surface area (Å²) in [5.41, 5.74) is -1.34. The standard InChI is InChI=1S/C29H34ClF2N2O9P/c1-18-4-5-19(13-22(18)31)42-17-26(36)34-29-10-8-28(9-11-29,15-24(29)43-27(37)3-2-12-44(38,39)40)33-25(35)16-41-20-6-7-21(30)23(32)14-20/h4-7,13-14,24H,2-3,8-12,15-17H2,1H3,(H,33,35)(H,34,36)(H2,38,39,40)/t24-,28?,29?/m0/s1. The Morgan fingerprint density at radius 1 is 0.955 bits per heavy atom. The molecule has 5 rings (SSSR count). The first-order chi connectivity index (χ1) is 20.7. The van der Waals surface area contributed by atoms with E-state index in [-0.39, 0.29) is 35.8 Å². The van der Waals surface area contributed by atoms with Gasteiger partial charge in [-0.15, -0.1) is 0 Å². The maximum Gasteiger partial charge on any atom is 0.325 e. The maximum atomic E-state index is 13.9. The highest BCUT2D eigenvalue weighted by Crippen LogP contribution is 2.48. The molecule has 0 saturated heterocycles. The number of rotatable bonds is 13. The van der Waals surface area contributed by atoms with E-state index in [1.807, 2.05) is 0 Å². The van der Waals surface area contributed by atoms with Gasteiger partial charge in [-0.05, 0) is 62.8 Å². The van der Waals surface area contributed by atoms with Gasteiger partial charge in [0.15, 0.2) is 13.2 Å². The molecule has 15 heteroatoms. The fourth-order valence-corrected chi connectivity index (χ4v) is 6.29. The van der Waals surface area contributed by atoms with Gasteiger partial charge in [-0.2, -0.15) is 0 Å². The van der Waals surface area contributed by atoms with E-state index in [1.165, 1.54) is 30.3 Å². The first-order valence-electron chi connectivity index (χ1n) is 14.0. The van der Waals surface area contributed by atoms with Gasteiger partial charge < -0.3 is 34.6 Å². The van der Waals surface area contributed by atoms with Gasteiger partial charge in [-0.1, -0.05) is 17.7 Å². The molecule has 0 aromatic heterocycles. The van der Waals surface area contributed by atoms with Crippen LogP contribution in [0.15, 0.2) is 36.4 Å². The molecular formula is C29H34ClF2N2O9P. The third kappa shape index (κ3) is 8.90. The van der Waals surface area contributed by atoms with Crippen molar-refractivity contribution in [2.45, 2.75) is 69.1 Å². The molecule has 1 atom stereocenters. The molecule has 3 aliphatic carbocycles. The number of halogens is 3. The Hall–Kier alpha value is -3.25. The number of amides is 2. The molecule has 3 aliphatic rings. The number of aryl methyl sites for hydroxylation is 1. The van der Waals surface area contributed by atoms with Crippen LogP contribution < -0.4 is 20.1 Å². The van der Waals surface area contributed by atoms with E-state index in [4.69, 9.17) is 35.6 Å². The molecule has 44 heavy (non-hydrogen) atoms. The highest BCUT2D eigenvalue weighted by atomic mass is 35.5. The third-order valence-electron chi connectivity index (χ3n) is 7.96. The first kappa shape index (κ1) is 33.6. The van der Waals surface area contributed by atoms with Crippen LogP contribution in [0.1, 0.15) is 50.5 Å².